The molecule has 0 aliphatic carbocycles. The van der Waals surface area contributed by atoms with Gasteiger partial charge in [-0.25, -0.2) is 0 Å². The number of likely N-dealkylation sites (tertiary alicyclic amines) is 2. The van der Waals surface area contributed by atoms with Crippen LogP contribution in [0.5, 0.6) is 0 Å². The summed E-state index contributed by atoms with van der Waals surface area (Å²) in [6.45, 7) is 2.76. The lowest BCUT2D eigenvalue weighted by Crippen LogP contribution is -2.46. The average molecular weight is 405 g/mol. The molecular weight excluding hydrogens is 380 g/mol. The lowest BCUT2D eigenvalue weighted by Gasteiger charge is -2.35. The third-order valence-electron chi connectivity index (χ3n) is 5.96. The van der Waals surface area contributed by atoms with Crippen molar-refractivity contribution in [1.82, 2.24) is 9.80 Å². The molecule has 2 aliphatic heterocycles. The predicted molar refractivity (Wildman–Crippen MR) is 105 cm³/mol. The maximum Gasteiger partial charge on any atom is 0.240 e. The van der Waals surface area contributed by atoms with E-state index >= 15 is 0 Å². The number of ketones is 1. The summed E-state index contributed by atoms with van der Waals surface area (Å²) >= 11 is 6.36. The Labute approximate surface area is 169 Å². The molecule has 0 saturated carbocycles. The number of imide groups is 1. The van der Waals surface area contributed by atoms with Crippen LogP contribution in [0.15, 0.2) is 24.3 Å². The van der Waals surface area contributed by atoms with Crippen LogP contribution >= 0.6 is 11.6 Å². The summed E-state index contributed by atoms with van der Waals surface area (Å²) in [5.74, 6) is -0.940. The normalized spacial score (nSPS) is 25.3. The van der Waals surface area contributed by atoms with Crippen molar-refractivity contribution in [1.29, 1.82) is 0 Å². The molecule has 0 spiro atoms. The molecule has 3 amide bonds. The first kappa shape index (κ1) is 20.5. The molecule has 2 atom stereocenters. The number of hydrogen-bond donors (Lipinski definition) is 0. The zero-order valence-electron chi connectivity index (χ0n) is 16.2. The molecule has 2 heterocycles. The number of hydrogen-bond acceptors (Lipinski definition) is 4. The van der Waals surface area contributed by atoms with E-state index in [1.165, 1.54) is 7.05 Å². The maximum atomic E-state index is 13.1. The quantitative estimate of drug-likeness (QED) is 0.707. The van der Waals surface area contributed by atoms with E-state index in [4.69, 9.17) is 11.6 Å². The van der Waals surface area contributed by atoms with Crippen LogP contribution in [0.2, 0.25) is 5.02 Å². The molecule has 2 saturated heterocycles. The second kappa shape index (κ2) is 8.03. The first-order valence-corrected chi connectivity index (χ1v) is 10.0. The van der Waals surface area contributed by atoms with E-state index in [-0.39, 0.29) is 36.4 Å². The SMILES string of the molecule is CCC(=O)[C@@H]1CCCN(C(=O)C[C@@]2(c3ccccc3Cl)CC(=O)N(C)C2=O)C1. The van der Waals surface area contributed by atoms with E-state index in [1.54, 1.807) is 29.2 Å². The molecule has 0 aromatic heterocycles. The molecule has 0 bridgehead atoms. The van der Waals surface area contributed by atoms with E-state index in [9.17, 15) is 19.2 Å². The molecule has 150 valence electrons. The summed E-state index contributed by atoms with van der Waals surface area (Å²) < 4.78 is 0. The van der Waals surface area contributed by atoms with Gasteiger partial charge in [-0.1, -0.05) is 36.7 Å². The molecule has 3 rings (SSSR count). The van der Waals surface area contributed by atoms with Crippen LogP contribution in [0.25, 0.3) is 0 Å². The van der Waals surface area contributed by atoms with Gasteiger partial charge in [-0.05, 0) is 24.5 Å². The zero-order valence-corrected chi connectivity index (χ0v) is 17.0. The fraction of sp³-hybridized carbons (Fsp3) is 0.524. The molecule has 1 aromatic rings. The van der Waals surface area contributed by atoms with Crippen molar-refractivity contribution in [3.05, 3.63) is 34.9 Å². The summed E-state index contributed by atoms with van der Waals surface area (Å²) in [6, 6.07) is 6.87. The molecule has 0 unspecified atom stereocenters. The first-order valence-electron chi connectivity index (χ1n) is 9.66. The number of likely N-dealkylation sites (N-methyl/N-ethyl adjacent to an activating group) is 1. The van der Waals surface area contributed by atoms with Gasteiger partial charge in [0.15, 0.2) is 0 Å². The lowest BCUT2D eigenvalue weighted by molar-refractivity contribution is -0.142. The summed E-state index contributed by atoms with van der Waals surface area (Å²) in [4.78, 5) is 53.3. The zero-order chi connectivity index (χ0) is 20.5. The van der Waals surface area contributed by atoms with E-state index < -0.39 is 11.3 Å². The third-order valence-corrected chi connectivity index (χ3v) is 6.29. The van der Waals surface area contributed by atoms with Gasteiger partial charge < -0.3 is 4.90 Å². The third kappa shape index (κ3) is 3.58. The van der Waals surface area contributed by atoms with Crippen LogP contribution < -0.4 is 0 Å². The molecule has 7 heteroatoms. The van der Waals surface area contributed by atoms with Gasteiger partial charge in [-0.15, -0.1) is 0 Å². The maximum absolute atomic E-state index is 13.1. The number of halogens is 1. The van der Waals surface area contributed by atoms with Gasteiger partial charge in [0.25, 0.3) is 0 Å². The van der Waals surface area contributed by atoms with Crippen molar-refractivity contribution < 1.29 is 19.2 Å². The van der Waals surface area contributed by atoms with E-state index in [0.29, 0.717) is 30.1 Å². The lowest BCUT2D eigenvalue weighted by atomic mass is 9.75. The van der Waals surface area contributed by atoms with Gasteiger partial charge in [-0.3, -0.25) is 24.1 Å². The number of Topliss-reactive ketones (excluding diaryl/α,β-unsaturated/α-hetero) is 1. The Hall–Kier alpha value is -2.21. The van der Waals surface area contributed by atoms with Crippen molar-refractivity contribution in [3.63, 3.8) is 0 Å². The molecule has 0 N–H and O–H groups in total. The van der Waals surface area contributed by atoms with E-state index in [0.717, 1.165) is 17.7 Å². The van der Waals surface area contributed by atoms with Crippen LogP contribution in [0.1, 0.15) is 44.6 Å². The molecule has 1 aromatic carbocycles. The highest BCUT2D eigenvalue weighted by atomic mass is 35.5. The minimum atomic E-state index is -1.29. The monoisotopic (exact) mass is 404 g/mol. The Bertz CT molecular complexity index is 824. The van der Waals surface area contributed by atoms with Crippen molar-refractivity contribution in [2.75, 3.05) is 20.1 Å². The number of piperidine rings is 1. The van der Waals surface area contributed by atoms with Crippen LogP contribution in [0.3, 0.4) is 0 Å². The second-order valence-corrected chi connectivity index (χ2v) is 8.08. The molecule has 2 fully saturated rings. The Balaban J connectivity index is 1.90. The van der Waals surface area contributed by atoms with E-state index in [1.807, 2.05) is 6.92 Å². The molecule has 0 radical (unpaired) electrons. The molecule has 6 nitrogen and oxygen atoms in total. The largest absolute Gasteiger partial charge is 0.342 e. The second-order valence-electron chi connectivity index (χ2n) is 7.67. The van der Waals surface area contributed by atoms with Gasteiger partial charge in [-0.2, -0.15) is 0 Å². The molecule has 2 aliphatic rings. The van der Waals surface area contributed by atoms with Crippen molar-refractivity contribution >= 4 is 35.1 Å². The van der Waals surface area contributed by atoms with Crippen LogP contribution in [-0.2, 0) is 24.6 Å². The fourth-order valence-electron chi connectivity index (χ4n) is 4.30. The Kier molecular flexibility index (Phi) is 5.89. The first-order chi connectivity index (χ1) is 13.3. The Morgan fingerprint density at radius 1 is 1.25 bits per heavy atom. The summed E-state index contributed by atoms with van der Waals surface area (Å²) in [6.07, 6.45) is 1.79. The number of carbonyl (C=O) groups is 4. The number of nitrogens with zero attached hydrogens (tertiary/aromatic N) is 2. The van der Waals surface area contributed by atoms with Gasteiger partial charge in [0.2, 0.25) is 17.7 Å². The van der Waals surface area contributed by atoms with Crippen LogP contribution in [0, 0.1) is 5.92 Å². The molecular formula is C21H25ClN2O4. The van der Waals surface area contributed by atoms with Gasteiger partial charge >= 0.3 is 0 Å². The van der Waals surface area contributed by atoms with Gasteiger partial charge in [0.05, 0.1) is 5.41 Å². The minimum Gasteiger partial charge on any atom is -0.342 e. The van der Waals surface area contributed by atoms with Crippen molar-refractivity contribution in [2.24, 2.45) is 5.92 Å². The predicted octanol–water partition coefficient (Wildman–Crippen LogP) is 2.57. The standard InChI is InChI=1S/C21H25ClN2O4/c1-3-17(25)14-7-6-10-24(13-14)19(27)12-21(11-18(26)23(2)20(21)28)15-8-4-5-9-16(15)22/h4-5,8-9,14H,3,6-7,10-13H2,1-2H3/t14-,21-/m1/s1. The number of rotatable bonds is 5. The minimum absolute atomic E-state index is 0.0804. The summed E-state index contributed by atoms with van der Waals surface area (Å²) in [5.41, 5.74) is -0.783. The highest BCUT2D eigenvalue weighted by Gasteiger charge is 2.53. The average Bonchev–Trinajstić information content (AvgIpc) is 2.92. The van der Waals surface area contributed by atoms with Crippen molar-refractivity contribution in [3.8, 4) is 0 Å². The number of amides is 3. The topological polar surface area (TPSA) is 74.8 Å². The van der Waals surface area contributed by atoms with Crippen molar-refractivity contribution in [2.45, 2.75) is 44.4 Å². The number of carbonyl (C=O) groups excluding carboxylic acids is 4. The smallest absolute Gasteiger partial charge is 0.240 e. The fourth-order valence-corrected chi connectivity index (χ4v) is 4.62. The highest BCUT2D eigenvalue weighted by molar-refractivity contribution is 6.32. The Morgan fingerprint density at radius 2 is 1.96 bits per heavy atom. The Morgan fingerprint density at radius 3 is 2.57 bits per heavy atom. The van der Waals surface area contributed by atoms with Gasteiger partial charge in [0.1, 0.15) is 5.78 Å². The van der Waals surface area contributed by atoms with Crippen LogP contribution in [-0.4, -0.2) is 53.4 Å². The van der Waals surface area contributed by atoms with E-state index in [2.05, 4.69) is 0 Å². The number of benzene rings is 1. The molecule has 28 heavy (non-hydrogen) atoms. The summed E-state index contributed by atoms with van der Waals surface area (Å²) in [5, 5.41) is 0.365. The van der Waals surface area contributed by atoms with Gasteiger partial charge in [0, 0.05) is 50.3 Å². The highest BCUT2D eigenvalue weighted by Crippen LogP contribution is 2.42. The van der Waals surface area contributed by atoms with Crippen LogP contribution in [0.4, 0.5) is 0 Å². The summed E-state index contributed by atoms with van der Waals surface area (Å²) in [7, 11) is 1.44.